The average molecular weight is 150 g/mol. The normalized spacial score (nSPS) is 12.4. The summed E-state index contributed by atoms with van der Waals surface area (Å²) in [5.74, 6) is 0. The van der Waals surface area contributed by atoms with Gasteiger partial charge >= 0.3 is 0 Å². The molecule has 0 aliphatic carbocycles. The van der Waals surface area contributed by atoms with Gasteiger partial charge in [0, 0.05) is 0 Å². The molecule has 0 nitrogen and oxygen atoms in total. The smallest absolute Gasteiger partial charge is 0.0172 e. The lowest BCUT2D eigenvalue weighted by Gasteiger charge is -1.93. The summed E-state index contributed by atoms with van der Waals surface area (Å²) < 4.78 is 0. The maximum absolute atomic E-state index is 3.65. The molecule has 0 amide bonds. The number of hydrogen-bond donors (Lipinski definition) is 0. The van der Waals surface area contributed by atoms with Gasteiger partial charge in [-0.15, -0.1) is 6.58 Å². The van der Waals surface area contributed by atoms with Crippen molar-refractivity contribution >= 4 is 0 Å². The molecule has 0 aromatic carbocycles. The zero-order chi connectivity index (χ0) is 8.53. The molecule has 0 radical (unpaired) electrons. The van der Waals surface area contributed by atoms with Crippen LogP contribution < -0.4 is 0 Å². The van der Waals surface area contributed by atoms with E-state index in [2.05, 4.69) is 38.7 Å². The van der Waals surface area contributed by atoms with Crippen molar-refractivity contribution in [3.05, 3.63) is 36.5 Å². The van der Waals surface area contributed by atoms with Gasteiger partial charge in [0.05, 0.1) is 0 Å². The van der Waals surface area contributed by atoms with E-state index in [-0.39, 0.29) is 0 Å². The predicted molar refractivity (Wildman–Crippen MR) is 52.6 cm³/mol. The quantitative estimate of drug-likeness (QED) is 0.522. The largest absolute Gasteiger partial charge is 0.103 e. The Kier molecular flexibility index (Phi) is 6.81. The van der Waals surface area contributed by atoms with Crippen LogP contribution in [0.5, 0.6) is 0 Å². The van der Waals surface area contributed by atoms with Crippen molar-refractivity contribution in [3.8, 4) is 0 Å². The van der Waals surface area contributed by atoms with Gasteiger partial charge in [-0.05, 0) is 33.1 Å². The average Bonchev–Trinajstić information content (AvgIpc) is 2.04. The second-order valence-electron chi connectivity index (χ2n) is 2.67. The van der Waals surface area contributed by atoms with Crippen molar-refractivity contribution < 1.29 is 0 Å². The second kappa shape index (κ2) is 7.33. The van der Waals surface area contributed by atoms with Crippen molar-refractivity contribution in [3.63, 3.8) is 0 Å². The highest BCUT2D eigenvalue weighted by Gasteiger charge is 1.83. The fourth-order valence-electron chi connectivity index (χ4n) is 0.766. The minimum absolute atomic E-state index is 0.995. The molecule has 0 N–H and O–H groups in total. The van der Waals surface area contributed by atoms with E-state index in [9.17, 15) is 0 Å². The van der Waals surface area contributed by atoms with Gasteiger partial charge in [-0.25, -0.2) is 0 Å². The molecule has 0 heterocycles. The Labute approximate surface area is 70.3 Å². The first-order valence-corrected chi connectivity index (χ1v) is 4.19. The van der Waals surface area contributed by atoms with E-state index in [1.54, 1.807) is 0 Å². The lowest BCUT2D eigenvalue weighted by molar-refractivity contribution is 0.970. The van der Waals surface area contributed by atoms with E-state index >= 15 is 0 Å². The lowest BCUT2D eigenvalue weighted by atomic mass is 10.1. The van der Waals surface area contributed by atoms with Crippen LogP contribution in [0.15, 0.2) is 36.5 Å². The standard InChI is InChI=1S/C11H18/c1-4-6-7-8-9-10-11(3)5-2/h4-5,7-8H,1,6,9-10H2,2-3H3. The summed E-state index contributed by atoms with van der Waals surface area (Å²) >= 11 is 0. The van der Waals surface area contributed by atoms with Crippen LogP contribution in [0.25, 0.3) is 0 Å². The molecule has 0 aromatic heterocycles. The molecule has 0 aliphatic heterocycles. The van der Waals surface area contributed by atoms with Crippen molar-refractivity contribution in [1.29, 1.82) is 0 Å². The van der Waals surface area contributed by atoms with E-state index in [4.69, 9.17) is 0 Å². The second-order valence-corrected chi connectivity index (χ2v) is 2.67. The predicted octanol–water partition coefficient (Wildman–Crippen LogP) is 3.87. The fourth-order valence-corrected chi connectivity index (χ4v) is 0.766. The first-order chi connectivity index (χ1) is 5.31. The van der Waals surface area contributed by atoms with Crippen molar-refractivity contribution in [2.45, 2.75) is 33.1 Å². The van der Waals surface area contributed by atoms with E-state index in [0.717, 1.165) is 12.8 Å². The van der Waals surface area contributed by atoms with E-state index < -0.39 is 0 Å². The number of rotatable bonds is 5. The third-order valence-electron chi connectivity index (χ3n) is 1.67. The van der Waals surface area contributed by atoms with Crippen LogP contribution in [0.2, 0.25) is 0 Å². The Balaban J connectivity index is 3.33. The van der Waals surface area contributed by atoms with Crippen LogP contribution in [0, 0.1) is 0 Å². The first-order valence-electron chi connectivity index (χ1n) is 4.19. The molecule has 62 valence electrons. The van der Waals surface area contributed by atoms with Crippen molar-refractivity contribution in [2.24, 2.45) is 0 Å². The summed E-state index contributed by atoms with van der Waals surface area (Å²) in [6, 6.07) is 0. The summed E-state index contributed by atoms with van der Waals surface area (Å²) in [5, 5.41) is 0. The van der Waals surface area contributed by atoms with Gasteiger partial charge in [0.1, 0.15) is 0 Å². The topological polar surface area (TPSA) is 0 Å². The summed E-state index contributed by atoms with van der Waals surface area (Å²) in [4.78, 5) is 0. The minimum Gasteiger partial charge on any atom is -0.103 e. The van der Waals surface area contributed by atoms with Gasteiger partial charge in [0.25, 0.3) is 0 Å². The Morgan fingerprint density at radius 2 is 2.09 bits per heavy atom. The van der Waals surface area contributed by atoms with Crippen LogP contribution in [0.1, 0.15) is 33.1 Å². The Morgan fingerprint density at radius 3 is 2.64 bits per heavy atom. The molecule has 0 atom stereocenters. The van der Waals surface area contributed by atoms with Gasteiger partial charge in [0.15, 0.2) is 0 Å². The molecule has 0 aromatic rings. The highest BCUT2D eigenvalue weighted by Crippen LogP contribution is 2.03. The molecule has 0 fully saturated rings. The van der Waals surface area contributed by atoms with Crippen LogP contribution in [-0.2, 0) is 0 Å². The van der Waals surface area contributed by atoms with Gasteiger partial charge < -0.3 is 0 Å². The summed E-state index contributed by atoms with van der Waals surface area (Å²) in [7, 11) is 0. The number of hydrogen-bond acceptors (Lipinski definition) is 0. The van der Waals surface area contributed by atoms with E-state index in [1.807, 2.05) is 6.08 Å². The van der Waals surface area contributed by atoms with Gasteiger partial charge in [-0.2, -0.15) is 0 Å². The Bertz CT molecular complexity index is 149. The monoisotopic (exact) mass is 150 g/mol. The van der Waals surface area contributed by atoms with Gasteiger partial charge in [-0.1, -0.05) is 29.9 Å². The van der Waals surface area contributed by atoms with Gasteiger partial charge in [0.2, 0.25) is 0 Å². The third-order valence-corrected chi connectivity index (χ3v) is 1.67. The summed E-state index contributed by atoms with van der Waals surface area (Å²) in [5.41, 5.74) is 1.47. The molecule has 0 saturated carbocycles. The molecular weight excluding hydrogens is 132 g/mol. The maximum atomic E-state index is 3.65. The van der Waals surface area contributed by atoms with Gasteiger partial charge in [-0.3, -0.25) is 0 Å². The van der Waals surface area contributed by atoms with Crippen LogP contribution >= 0.6 is 0 Å². The molecule has 0 rings (SSSR count). The molecule has 0 unspecified atom stereocenters. The molecule has 0 saturated heterocycles. The Morgan fingerprint density at radius 1 is 1.36 bits per heavy atom. The SMILES string of the molecule is C=CCC=CCCC(C)=CC. The Hall–Kier alpha value is -0.780. The molecule has 11 heavy (non-hydrogen) atoms. The van der Waals surface area contributed by atoms with Crippen molar-refractivity contribution in [1.82, 2.24) is 0 Å². The molecular formula is C11H18. The van der Waals surface area contributed by atoms with Crippen LogP contribution in [-0.4, -0.2) is 0 Å². The summed E-state index contributed by atoms with van der Waals surface area (Å²) in [6.45, 7) is 7.90. The first kappa shape index (κ1) is 10.2. The fraction of sp³-hybridized carbons (Fsp3) is 0.455. The van der Waals surface area contributed by atoms with E-state index in [0.29, 0.717) is 0 Å². The zero-order valence-corrected chi connectivity index (χ0v) is 7.64. The van der Waals surface area contributed by atoms with Crippen LogP contribution in [0.3, 0.4) is 0 Å². The van der Waals surface area contributed by atoms with Crippen molar-refractivity contribution in [2.75, 3.05) is 0 Å². The van der Waals surface area contributed by atoms with E-state index in [1.165, 1.54) is 12.0 Å². The van der Waals surface area contributed by atoms with Crippen LogP contribution in [0.4, 0.5) is 0 Å². The molecule has 0 heteroatoms. The molecule has 0 bridgehead atoms. The highest BCUT2D eigenvalue weighted by molar-refractivity contribution is 4.98. The third kappa shape index (κ3) is 7.11. The number of allylic oxidation sites excluding steroid dienone is 5. The molecule has 0 aliphatic rings. The highest BCUT2D eigenvalue weighted by atomic mass is 13.9. The minimum atomic E-state index is 0.995. The zero-order valence-electron chi connectivity index (χ0n) is 7.64. The lowest BCUT2D eigenvalue weighted by Crippen LogP contribution is -1.73. The summed E-state index contributed by atoms with van der Waals surface area (Å²) in [6.07, 6.45) is 11.8. The molecule has 0 spiro atoms. The maximum Gasteiger partial charge on any atom is -0.0172 e.